The minimum Gasteiger partial charge on any atom is -0.756 e. The number of carbonyl (C=O) groups excluding carboxylic acids is 1. The largest absolute Gasteiger partial charge is 0.756 e. The lowest BCUT2D eigenvalue weighted by molar-refractivity contribution is -0.870. The van der Waals surface area contributed by atoms with Gasteiger partial charge in [-0.25, -0.2) is 0 Å². The third kappa shape index (κ3) is 71.9. The van der Waals surface area contributed by atoms with Crippen LogP contribution < -0.4 is 10.2 Å². The molecule has 0 heterocycles. The van der Waals surface area contributed by atoms with Crippen LogP contribution in [-0.4, -0.2) is 68.5 Å². The summed E-state index contributed by atoms with van der Waals surface area (Å²) in [6.07, 6.45) is 95.7. The van der Waals surface area contributed by atoms with Crippen LogP contribution in [-0.2, 0) is 18.4 Å². The van der Waals surface area contributed by atoms with Crippen molar-refractivity contribution in [3.63, 3.8) is 0 Å². The second kappa shape index (κ2) is 69.8. The number of hydrogen-bond donors (Lipinski definition) is 2. The number of nitrogens with zero attached hydrogens (tertiary/aromatic N) is 1. The Morgan fingerprint density at radius 2 is 0.670 bits per heavy atom. The Morgan fingerprint density at radius 1 is 0.398 bits per heavy atom. The van der Waals surface area contributed by atoms with Crippen LogP contribution >= 0.6 is 7.82 Å². The van der Waals surface area contributed by atoms with Gasteiger partial charge in [-0.1, -0.05) is 377 Å². The van der Waals surface area contributed by atoms with Crippen molar-refractivity contribution >= 4 is 13.7 Å². The van der Waals surface area contributed by atoms with Gasteiger partial charge >= 0.3 is 0 Å². The van der Waals surface area contributed by atoms with Crippen LogP contribution in [0.3, 0.4) is 0 Å². The Kier molecular flexibility index (Phi) is 68.6. The van der Waals surface area contributed by atoms with E-state index >= 15 is 0 Å². The summed E-state index contributed by atoms with van der Waals surface area (Å²) in [7, 11) is 1.26. The second-order valence-corrected chi connectivity index (χ2v) is 29.5. The predicted octanol–water partition coefficient (Wildman–Crippen LogP) is 24.7. The lowest BCUT2D eigenvalue weighted by atomic mass is 10.0. The van der Waals surface area contributed by atoms with Gasteiger partial charge in [-0.2, -0.15) is 0 Å². The molecule has 520 valence electrons. The summed E-state index contributed by atoms with van der Waals surface area (Å²) in [5.74, 6) is -0.199. The van der Waals surface area contributed by atoms with Gasteiger partial charge in [-0.15, -0.1) is 0 Å². The van der Waals surface area contributed by atoms with E-state index in [1.54, 1.807) is 6.08 Å². The number of aliphatic hydroxyl groups is 1. The number of unbranched alkanes of at least 4 members (excludes halogenated alkanes) is 54. The molecule has 0 radical (unpaired) electrons. The Balaban J connectivity index is 3.98. The third-order valence-corrected chi connectivity index (χ3v) is 19.0. The third-order valence-electron chi connectivity index (χ3n) is 18.0. The van der Waals surface area contributed by atoms with E-state index in [4.69, 9.17) is 9.05 Å². The number of nitrogens with one attached hydrogen (secondary N) is 1. The van der Waals surface area contributed by atoms with Crippen LogP contribution in [0.25, 0.3) is 0 Å². The van der Waals surface area contributed by atoms with Crippen molar-refractivity contribution in [2.75, 3.05) is 40.9 Å². The Bertz CT molecular complexity index is 1580. The van der Waals surface area contributed by atoms with E-state index in [1.807, 2.05) is 27.2 Å². The van der Waals surface area contributed by atoms with Gasteiger partial charge in [0.2, 0.25) is 5.91 Å². The number of quaternary nitrogens is 1. The lowest BCUT2D eigenvalue weighted by Crippen LogP contribution is -2.45. The van der Waals surface area contributed by atoms with E-state index < -0.39 is 20.0 Å². The zero-order valence-electron chi connectivity index (χ0n) is 59.7. The van der Waals surface area contributed by atoms with Gasteiger partial charge in [-0.05, 0) is 64.2 Å². The fraction of sp³-hybridized carbons (Fsp3) is 0.886. The van der Waals surface area contributed by atoms with Crippen LogP contribution in [0.5, 0.6) is 0 Å². The van der Waals surface area contributed by atoms with Gasteiger partial charge in [0.1, 0.15) is 13.2 Å². The molecule has 3 unspecified atom stereocenters. The first-order valence-electron chi connectivity index (χ1n) is 39.0. The van der Waals surface area contributed by atoms with Gasteiger partial charge in [-0.3, -0.25) is 9.36 Å². The smallest absolute Gasteiger partial charge is 0.268 e. The number of carbonyl (C=O) groups is 1. The van der Waals surface area contributed by atoms with Crippen LogP contribution in [0.2, 0.25) is 0 Å². The number of rotatable bonds is 73. The highest BCUT2D eigenvalue weighted by Gasteiger charge is 2.23. The van der Waals surface area contributed by atoms with Crippen molar-refractivity contribution in [3.05, 3.63) is 48.6 Å². The molecule has 88 heavy (non-hydrogen) atoms. The molecule has 3 atom stereocenters. The molecule has 0 aromatic rings. The Labute approximate surface area is 549 Å². The molecule has 0 rings (SSSR count). The maximum absolute atomic E-state index is 13.1. The fourth-order valence-electron chi connectivity index (χ4n) is 12.0. The molecule has 0 aliphatic carbocycles. The molecule has 8 nitrogen and oxygen atoms in total. The topological polar surface area (TPSA) is 108 Å². The van der Waals surface area contributed by atoms with E-state index in [2.05, 4.69) is 55.6 Å². The standard InChI is InChI=1S/C79H153N2O6P/c1-6-8-10-12-14-16-18-20-22-24-26-28-30-32-34-36-37-38-39-40-41-42-43-45-47-49-51-53-55-57-59-61-63-65-67-69-71-73-79(83)80-77(76-87-88(84,85)86-75-74-81(3,4)5)78(82)72-70-68-66-64-62-60-58-56-54-52-50-48-46-44-35-33-31-29-27-25-23-21-19-17-15-13-11-9-7-2/h18,20,24,26,62,64,70,72,77-78,82H,6-17,19,21-23,25,27-61,63,65-69,71,73-76H2,1-5H3,(H-,80,83,84,85)/b20-18-,26-24-,64-62+,72-70+. The highest BCUT2D eigenvalue weighted by atomic mass is 31.2. The molecule has 9 heteroatoms. The molecule has 0 aliphatic rings. The fourth-order valence-corrected chi connectivity index (χ4v) is 12.7. The first-order valence-corrected chi connectivity index (χ1v) is 40.5. The van der Waals surface area contributed by atoms with Crippen LogP contribution in [0.1, 0.15) is 399 Å². The van der Waals surface area contributed by atoms with Crippen molar-refractivity contribution < 1.29 is 32.9 Å². The molecular weight excluding hydrogens is 1100 g/mol. The molecule has 0 saturated heterocycles. The zero-order valence-corrected chi connectivity index (χ0v) is 60.6. The summed E-state index contributed by atoms with van der Waals surface area (Å²) < 4.78 is 23.5. The number of amides is 1. The van der Waals surface area contributed by atoms with E-state index in [0.29, 0.717) is 17.4 Å². The number of aliphatic hydroxyl groups excluding tert-OH is 1. The second-order valence-electron chi connectivity index (χ2n) is 28.1. The average molecular weight is 1260 g/mol. The molecular formula is C79H153N2O6P. The van der Waals surface area contributed by atoms with Gasteiger partial charge in [0.25, 0.3) is 7.82 Å². The number of likely N-dealkylation sites (N-methyl/N-ethyl adjacent to an activating group) is 1. The molecule has 2 N–H and O–H groups in total. The summed E-state index contributed by atoms with van der Waals surface area (Å²) in [6.45, 7) is 4.68. The van der Waals surface area contributed by atoms with Gasteiger partial charge in [0.15, 0.2) is 0 Å². The molecule has 0 bridgehead atoms. The molecule has 0 aromatic heterocycles. The first-order chi connectivity index (χ1) is 43.0. The van der Waals surface area contributed by atoms with E-state index in [0.717, 1.165) is 44.9 Å². The van der Waals surface area contributed by atoms with Crippen molar-refractivity contribution in [1.82, 2.24) is 5.32 Å². The number of phosphoric ester groups is 1. The number of hydrogen-bond acceptors (Lipinski definition) is 6. The van der Waals surface area contributed by atoms with E-state index in [1.165, 1.54) is 334 Å². The zero-order chi connectivity index (χ0) is 64.1. The lowest BCUT2D eigenvalue weighted by Gasteiger charge is -2.29. The minimum absolute atomic E-state index is 0.00467. The van der Waals surface area contributed by atoms with Gasteiger partial charge in [0, 0.05) is 6.42 Å². The highest BCUT2D eigenvalue weighted by molar-refractivity contribution is 7.45. The summed E-state index contributed by atoms with van der Waals surface area (Å²) in [4.78, 5) is 25.7. The quantitative estimate of drug-likeness (QED) is 0.0272. The normalized spacial score (nSPS) is 13.8. The summed E-state index contributed by atoms with van der Waals surface area (Å²) in [5.41, 5.74) is 0. The molecule has 0 aromatic carbocycles. The molecule has 0 saturated carbocycles. The number of phosphoric acid groups is 1. The molecule has 0 aliphatic heterocycles. The molecule has 0 fully saturated rings. The Hall–Kier alpha value is -1.54. The van der Waals surface area contributed by atoms with Gasteiger partial charge in [0.05, 0.1) is 39.9 Å². The summed E-state index contributed by atoms with van der Waals surface area (Å²) >= 11 is 0. The number of allylic oxidation sites excluding steroid dienone is 7. The predicted molar refractivity (Wildman–Crippen MR) is 385 cm³/mol. The highest BCUT2D eigenvalue weighted by Crippen LogP contribution is 2.38. The maximum atomic E-state index is 13.1. The first kappa shape index (κ1) is 86.5. The van der Waals surface area contributed by atoms with Crippen molar-refractivity contribution in [3.8, 4) is 0 Å². The summed E-state index contributed by atoms with van der Waals surface area (Å²) in [5, 5.41) is 14.0. The van der Waals surface area contributed by atoms with Crippen molar-refractivity contribution in [2.45, 2.75) is 411 Å². The SMILES string of the molecule is CCCCCCC/C=C\C/C=C\CCCCCCCCCCCCCCCCCCCCCCCCCCCC(=O)NC(COP(=O)([O-])OCC[N+](C)(C)C)C(O)/C=C/CC/C=C/CCCCCCCCCCCCCCCCCCCCCCCCC. The van der Waals surface area contributed by atoms with Crippen molar-refractivity contribution in [1.29, 1.82) is 0 Å². The maximum Gasteiger partial charge on any atom is 0.268 e. The minimum atomic E-state index is -4.61. The Morgan fingerprint density at radius 3 is 0.989 bits per heavy atom. The van der Waals surface area contributed by atoms with Crippen molar-refractivity contribution in [2.24, 2.45) is 0 Å². The van der Waals surface area contributed by atoms with Gasteiger partial charge < -0.3 is 28.8 Å². The van der Waals surface area contributed by atoms with E-state index in [9.17, 15) is 19.4 Å². The van der Waals surface area contributed by atoms with E-state index in [-0.39, 0.29) is 19.1 Å². The van der Waals surface area contributed by atoms with Crippen LogP contribution in [0, 0.1) is 0 Å². The monoisotopic (exact) mass is 1260 g/mol. The average Bonchev–Trinajstić information content (AvgIpc) is 3.70. The molecule has 0 spiro atoms. The molecule has 1 amide bonds. The summed E-state index contributed by atoms with van der Waals surface area (Å²) in [6, 6.07) is -0.904. The van der Waals surface area contributed by atoms with Crippen LogP contribution in [0.4, 0.5) is 0 Å². The van der Waals surface area contributed by atoms with Crippen LogP contribution in [0.15, 0.2) is 48.6 Å².